The summed E-state index contributed by atoms with van der Waals surface area (Å²) in [6.45, 7) is 0. The molecule has 1 aliphatic rings. The topological polar surface area (TPSA) is 71.5 Å². The van der Waals surface area contributed by atoms with Crippen LogP contribution in [-0.4, -0.2) is 21.9 Å². The fourth-order valence-electron chi connectivity index (χ4n) is 3.55. The zero-order valence-corrected chi connectivity index (χ0v) is 21.5. The summed E-state index contributed by atoms with van der Waals surface area (Å²) < 4.78 is 5.83. The summed E-state index contributed by atoms with van der Waals surface area (Å²) in [7, 11) is 0. The molecule has 0 spiro atoms. The number of aromatic nitrogens is 1. The molecule has 0 radical (unpaired) electrons. The first-order valence-electron chi connectivity index (χ1n) is 11.1. The lowest BCUT2D eigenvalue weighted by atomic mass is 10.1. The highest BCUT2D eigenvalue weighted by atomic mass is 35.5. The van der Waals surface area contributed by atoms with Gasteiger partial charge in [-0.25, -0.2) is 4.98 Å². The quantitative estimate of drug-likeness (QED) is 0.170. The average molecular weight is 544 g/mol. The van der Waals surface area contributed by atoms with Gasteiger partial charge in [-0.1, -0.05) is 47.6 Å². The molecule has 37 heavy (non-hydrogen) atoms. The lowest BCUT2D eigenvalue weighted by Crippen LogP contribution is -2.54. The molecular formula is C28H18ClN3O3S2. The van der Waals surface area contributed by atoms with Gasteiger partial charge in [0, 0.05) is 21.7 Å². The molecule has 0 atom stereocenters. The van der Waals surface area contributed by atoms with Crippen molar-refractivity contribution in [2.75, 3.05) is 4.90 Å². The first-order valence-corrected chi connectivity index (χ1v) is 12.7. The van der Waals surface area contributed by atoms with Gasteiger partial charge in [-0.3, -0.25) is 19.8 Å². The molecule has 1 aromatic heterocycles. The van der Waals surface area contributed by atoms with Crippen molar-refractivity contribution in [2.24, 2.45) is 0 Å². The van der Waals surface area contributed by atoms with Gasteiger partial charge >= 0.3 is 0 Å². The Kier molecular flexibility index (Phi) is 7.32. The third kappa shape index (κ3) is 5.72. The molecule has 0 aliphatic carbocycles. The fraction of sp³-hybridized carbons (Fsp3) is 0. The number of amides is 2. The van der Waals surface area contributed by atoms with E-state index in [9.17, 15) is 9.59 Å². The third-order valence-electron chi connectivity index (χ3n) is 5.30. The number of rotatable bonds is 6. The Labute approximate surface area is 227 Å². The van der Waals surface area contributed by atoms with Crippen LogP contribution in [0.25, 0.3) is 6.08 Å². The van der Waals surface area contributed by atoms with Crippen LogP contribution in [0.2, 0.25) is 5.02 Å². The van der Waals surface area contributed by atoms with Crippen molar-refractivity contribution in [2.45, 2.75) is 9.92 Å². The Morgan fingerprint density at radius 1 is 0.892 bits per heavy atom. The highest BCUT2D eigenvalue weighted by Gasteiger charge is 2.34. The van der Waals surface area contributed by atoms with Gasteiger partial charge in [0.05, 0.1) is 5.69 Å². The highest BCUT2D eigenvalue weighted by Crippen LogP contribution is 2.32. The van der Waals surface area contributed by atoms with Gasteiger partial charge in [0.15, 0.2) is 5.11 Å². The van der Waals surface area contributed by atoms with Gasteiger partial charge in [0.25, 0.3) is 11.8 Å². The summed E-state index contributed by atoms with van der Waals surface area (Å²) in [5.41, 5.74) is 1.08. The Hall–Kier alpha value is -3.98. The molecule has 1 fully saturated rings. The number of nitrogens with one attached hydrogen (secondary N) is 1. The molecule has 1 aliphatic heterocycles. The van der Waals surface area contributed by atoms with Crippen molar-refractivity contribution >= 4 is 64.3 Å². The summed E-state index contributed by atoms with van der Waals surface area (Å²) in [4.78, 5) is 32.9. The van der Waals surface area contributed by atoms with Crippen LogP contribution in [-0.2, 0) is 9.59 Å². The van der Waals surface area contributed by atoms with Crippen LogP contribution in [0, 0.1) is 0 Å². The van der Waals surface area contributed by atoms with Crippen molar-refractivity contribution in [3.8, 4) is 11.5 Å². The van der Waals surface area contributed by atoms with E-state index in [2.05, 4.69) is 10.3 Å². The van der Waals surface area contributed by atoms with Crippen LogP contribution in [0.1, 0.15) is 5.56 Å². The Morgan fingerprint density at radius 3 is 2.32 bits per heavy atom. The van der Waals surface area contributed by atoms with Crippen molar-refractivity contribution in [3.63, 3.8) is 0 Å². The lowest BCUT2D eigenvalue weighted by molar-refractivity contribution is -0.122. The molecular weight excluding hydrogens is 526 g/mol. The minimum atomic E-state index is -0.568. The zero-order chi connectivity index (χ0) is 25.8. The average Bonchev–Trinajstić information content (AvgIpc) is 2.90. The predicted molar refractivity (Wildman–Crippen MR) is 149 cm³/mol. The number of hydrogen-bond acceptors (Lipinski definition) is 6. The van der Waals surface area contributed by atoms with Crippen molar-refractivity contribution in [3.05, 3.63) is 113 Å². The summed E-state index contributed by atoms with van der Waals surface area (Å²) in [5.74, 6) is 0.198. The number of carbonyl (C=O) groups is 2. The third-order valence-corrected chi connectivity index (χ3v) is 6.88. The number of benzene rings is 3. The van der Waals surface area contributed by atoms with Gasteiger partial charge in [-0.05, 0) is 85.0 Å². The van der Waals surface area contributed by atoms with Crippen LogP contribution in [0.5, 0.6) is 11.5 Å². The number of carbonyl (C=O) groups excluding carboxylic acids is 2. The number of halogens is 1. The molecule has 5 rings (SSSR count). The van der Waals surface area contributed by atoms with Crippen molar-refractivity contribution < 1.29 is 14.3 Å². The molecule has 1 saturated heterocycles. The molecule has 0 saturated carbocycles. The molecule has 4 aromatic rings. The van der Waals surface area contributed by atoms with Gasteiger partial charge in [-0.15, -0.1) is 0 Å². The molecule has 0 bridgehead atoms. The standard InChI is InChI=1S/C28H18ClN3O3S2/c29-19-8-14-23(15-9-19)37-26-18(5-4-16-30-26)17-24-25(33)31-28(36)32(27(24)34)20-10-12-22(13-11-20)35-21-6-2-1-3-7-21/h1-17H,(H,31,33,36)/b24-17-. The number of pyridine rings is 1. The van der Waals surface area contributed by atoms with Crippen LogP contribution >= 0.6 is 35.6 Å². The van der Waals surface area contributed by atoms with Crippen LogP contribution < -0.4 is 15.0 Å². The summed E-state index contributed by atoms with van der Waals surface area (Å²) in [6.07, 6.45) is 3.19. The zero-order valence-electron chi connectivity index (χ0n) is 19.1. The normalized spacial score (nSPS) is 14.6. The second-order valence-electron chi connectivity index (χ2n) is 7.82. The van der Waals surface area contributed by atoms with E-state index < -0.39 is 11.8 Å². The summed E-state index contributed by atoms with van der Waals surface area (Å²) in [5, 5.41) is 3.89. The molecule has 2 amide bonds. The molecule has 9 heteroatoms. The maximum Gasteiger partial charge on any atom is 0.270 e. The monoisotopic (exact) mass is 543 g/mol. The minimum absolute atomic E-state index is 0.00540. The minimum Gasteiger partial charge on any atom is -0.457 e. The second-order valence-corrected chi connectivity index (χ2v) is 9.71. The Balaban J connectivity index is 1.41. The molecule has 3 aromatic carbocycles. The number of thiocarbonyl (C=S) groups is 1. The fourth-order valence-corrected chi connectivity index (χ4v) is 4.81. The van der Waals surface area contributed by atoms with E-state index in [1.54, 1.807) is 54.7 Å². The number of para-hydroxylation sites is 1. The first kappa shape index (κ1) is 24.7. The second kappa shape index (κ2) is 11.0. The maximum absolute atomic E-state index is 13.5. The predicted octanol–water partition coefficient (Wildman–Crippen LogP) is 6.51. The van der Waals surface area contributed by atoms with Gasteiger partial charge < -0.3 is 4.74 Å². The molecule has 0 unspecified atom stereocenters. The smallest absolute Gasteiger partial charge is 0.270 e. The number of nitrogens with zero attached hydrogens (tertiary/aromatic N) is 2. The number of hydrogen-bond donors (Lipinski definition) is 1. The molecule has 1 N–H and O–H groups in total. The highest BCUT2D eigenvalue weighted by molar-refractivity contribution is 7.99. The van der Waals surface area contributed by atoms with Crippen LogP contribution in [0.4, 0.5) is 5.69 Å². The summed E-state index contributed by atoms with van der Waals surface area (Å²) >= 11 is 12.7. The molecule has 2 heterocycles. The maximum atomic E-state index is 13.5. The van der Waals surface area contributed by atoms with E-state index in [0.29, 0.717) is 32.8 Å². The van der Waals surface area contributed by atoms with Crippen LogP contribution in [0.15, 0.2) is 113 Å². The number of ether oxygens (including phenoxy) is 1. The first-order chi connectivity index (χ1) is 18.0. The van der Waals surface area contributed by atoms with E-state index in [-0.39, 0.29) is 10.7 Å². The van der Waals surface area contributed by atoms with E-state index in [4.69, 9.17) is 28.6 Å². The van der Waals surface area contributed by atoms with Gasteiger partial charge in [0.1, 0.15) is 22.1 Å². The van der Waals surface area contributed by atoms with Gasteiger partial charge in [0.2, 0.25) is 0 Å². The Morgan fingerprint density at radius 2 is 1.59 bits per heavy atom. The summed E-state index contributed by atoms with van der Waals surface area (Å²) in [6, 6.07) is 27.1. The Bertz CT molecular complexity index is 1510. The molecule has 182 valence electrons. The lowest BCUT2D eigenvalue weighted by Gasteiger charge is -2.29. The van der Waals surface area contributed by atoms with E-state index in [0.717, 1.165) is 4.90 Å². The van der Waals surface area contributed by atoms with E-state index >= 15 is 0 Å². The van der Waals surface area contributed by atoms with Crippen molar-refractivity contribution in [1.29, 1.82) is 0 Å². The van der Waals surface area contributed by atoms with E-state index in [1.807, 2.05) is 42.5 Å². The van der Waals surface area contributed by atoms with Crippen LogP contribution in [0.3, 0.4) is 0 Å². The van der Waals surface area contributed by atoms with Gasteiger partial charge in [-0.2, -0.15) is 0 Å². The SMILES string of the molecule is O=C1NC(=S)N(c2ccc(Oc3ccccc3)cc2)C(=O)/C1=C\c1cccnc1Sc1ccc(Cl)cc1. The number of anilines is 1. The molecule has 6 nitrogen and oxygen atoms in total. The largest absolute Gasteiger partial charge is 0.457 e. The van der Waals surface area contributed by atoms with Crippen molar-refractivity contribution in [1.82, 2.24) is 10.3 Å². The van der Waals surface area contributed by atoms with E-state index in [1.165, 1.54) is 22.7 Å².